The molecule has 0 spiro atoms. The maximum Gasteiger partial charge on any atom is 0.221 e. The number of nitrogens with one attached hydrogen (secondary N) is 1. The number of benzene rings is 2. The Morgan fingerprint density at radius 2 is 2.12 bits per heavy atom. The van der Waals surface area contributed by atoms with E-state index in [2.05, 4.69) is 45.1 Å². The van der Waals surface area contributed by atoms with Gasteiger partial charge in [-0.1, -0.05) is 42.1 Å². The summed E-state index contributed by atoms with van der Waals surface area (Å²) < 4.78 is 1.73. The smallest absolute Gasteiger partial charge is 0.221 e. The molecule has 0 bridgehead atoms. The number of hydrogen-bond acceptors (Lipinski definition) is 5. The molecule has 6 nitrogen and oxygen atoms in total. The first-order chi connectivity index (χ1) is 12.7. The third-order valence-electron chi connectivity index (χ3n) is 4.41. The third kappa shape index (κ3) is 3.48. The standard InChI is InChI=1S/C19H19N5OS/c1-13(25)20-15-8-5-9-16(12-15)24-19(21-22-23-24)26-18-11-4-7-14-6-2-3-10-17(14)18/h2-3,5-6,8-10,12,18H,4,7,11H2,1H3,(H,20,25)/t18-/m0/s1. The van der Waals surface area contributed by atoms with Crippen molar-refractivity contribution in [1.29, 1.82) is 0 Å². The summed E-state index contributed by atoms with van der Waals surface area (Å²) in [6.45, 7) is 1.49. The highest BCUT2D eigenvalue weighted by molar-refractivity contribution is 7.99. The molecule has 2 aromatic carbocycles. The average Bonchev–Trinajstić information content (AvgIpc) is 3.10. The average molecular weight is 365 g/mol. The van der Waals surface area contributed by atoms with E-state index in [0.29, 0.717) is 5.25 Å². The van der Waals surface area contributed by atoms with Gasteiger partial charge in [-0.05, 0) is 59.0 Å². The first-order valence-electron chi connectivity index (χ1n) is 8.61. The minimum atomic E-state index is -0.104. The number of aromatic nitrogens is 4. The van der Waals surface area contributed by atoms with Crippen LogP contribution in [0.15, 0.2) is 53.7 Å². The molecule has 132 valence electrons. The van der Waals surface area contributed by atoms with E-state index in [1.54, 1.807) is 16.4 Å². The van der Waals surface area contributed by atoms with E-state index < -0.39 is 0 Å². The molecule has 1 aromatic heterocycles. The van der Waals surface area contributed by atoms with Crippen LogP contribution in [-0.4, -0.2) is 26.1 Å². The number of hydrogen-bond donors (Lipinski definition) is 1. The van der Waals surface area contributed by atoms with Crippen LogP contribution in [0.1, 0.15) is 36.1 Å². The number of thioether (sulfide) groups is 1. The fraction of sp³-hybridized carbons (Fsp3) is 0.263. The minimum absolute atomic E-state index is 0.104. The molecule has 0 saturated heterocycles. The van der Waals surface area contributed by atoms with Crippen LogP contribution < -0.4 is 5.32 Å². The Labute approximate surface area is 156 Å². The molecule has 1 N–H and O–H groups in total. The van der Waals surface area contributed by atoms with Gasteiger partial charge in [0.25, 0.3) is 0 Å². The summed E-state index contributed by atoms with van der Waals surface area (Å²) in [7, 11) is 0. The number of tetrazole rings is 1. The van der Waals surface area contributed by atoms with Crippen LogP contribution in [0.5, 0.6) is 0 Å². The Morgan fingerprint density at radius 3 is 3.00 bits per heavy atom. The molecule has 0 unspecified atom stereocenters. The molecule has 0 saturated carbocycles. The van der Waals surface area contributed by atoms with E-state index in [9.17, 15) is 4.79 Å². The molecule has 0 fully saturated rings. The molecule has 4 rings (SSSR count). The number of nitrogens with zero attached hydrogens (tertiary/aromatic N) is 4. The normalized spacial score (nSPS) is 16.1. The number of amides is 1. The van der Waals surface area contributed by atoms with Crippen molar-refractivity contribution in [3.05, 3.63) is 59.7 Å². The van der Waals surface area contributed by atoms with Crippen LogP contribution in [0, 0.1) is 0 Å². The molecule has 1 atom stereocenters. The molecule has 0 aliphatic heterocycles. The molecule has 7 heteroatoms. The molecule has 1 aliphatic rings. The predicted octanol–water partition coefficient (Wildman–Crippen LogP) is 3.79. The molecule has 26 heavy (non-hydrogen) atoms. The first kappa shape index (κ1) is 16.8. The Morgan fingerprint density at radius 1 is 1.23 bits per heavy atom. The Kier molecular flexibility index (Phi) is 4.71. The van der Waals surface area contributed by atoms with Crippen LogP contribution in [0.4, 0.5) is 5.69 Å². The molecular weight excluding hydrogens is 346 g/mol. The van der Waals surface area contributed by atoms with Gasteiger partial charge in [0.15, 0.2) is 0 Å². The maximum atomic E-state index is 11.3. The topological polar surface area (TPSA) is 72.7 Å². The largest absolute Gasteiger partial charge is 0.326 e. The number of fused-ring (bicyclic) bond motifs is 1. The van der Waals surface area contributed by atoms with Gasteiger partial charge in [0.1, 0.15) is 0 Å². The molecule has 0 radical (unpaired) electrons. The fourth-order valence-electron chi connectivity index (χ4n) is 3.29. The van der Waals surface area contributed by atoms with Gasteiger partial charge in [-0.2, -0.15) is 4.68 Å². The van der Waals surface area contributed by atoms with Gasteiger partial charge in [-0.15, -0.1) is 5.10 Å². The van der Waals surface area contributed by atoms with Gasteiger partial charge >= 0.3 is 0 Å². The summed E-state index contributed by atoms with van der Waals surface area (Å²) in [5, 5.41) is 16.1. The molecule has 1 aliphatic carbocycles. The Hall–Kier alpha value is -2.67. The lowest BCUT2D eigenvalue weighted by molar-refractivity contribution is -0.114. The monoisotopic (exact) mass is 365 g/mol. The van der Waals surface area contributed by atoms with Crippen molar-refractivity contribution in [2.45, 2.75) is 36.6 Å². The first-order valence-corrected chi connectivity index (χ1v) is 9.49. The SMILES string of the molecule is CC(=O)Nc1cccc(-n2nnnc2S[C@H]2CCCc3ccccc32)c1. The summed E-state index contributed by atoms with van der Waals surface area (Å²) in [6.07, 6.45) is 3.42. The van der Waals surface area contributed by atoms with Gasteiger partial charge in [0.2, 0.25) is 11.1 Å². The molecule has 1 amide bonds. The van der Waals surface area contributed by atoms with E-state index >= 15 is 0 Å². The van der Waals surface area contributed by atoms with Crippen LogP contribution in [0.2, 0.25) is 0 Å². The molecular formula is C19H19N5OS. The van der Waals surface area contributed by atoms with E-state index in [-0.39, 0.29) is 5.91 Å². The molecule has 3 aromatic rings. The van der Waals surface area contributed by atoms with E-state index in [1.807, 2.05) is 24.3 Å². The summed E-state index contributed by atoms with van der Waals surface area (Å²) in [5.41, 5.74) is 4.35. The van der Waals surface area contributed by atoms with Crippen molar-refractivity contribution >= 4 is 23.4 Å². The van der Waals surface area contributed by atoms with E-state index in [1.165, 1.54) is 24.5 Å². The van der Waals surface area contributed by atoms with Gasteiger partial charge in [-0.25, -0.2) is 0 Å². The van der Waals surface area contributed by atoms with Crippen LogP contribution >= 0.6 is 11.8 Å². The summed E-state index contributed by atoms with van der Waals surface area (Å²) in [6, 6.07) is 16.1. The van der Waals surface area contributed by atoms with Crippen molar-refractivity contribution in [3.63, 3.8) is 0 Å². The second-order valence-corrected chi connectivity index (χ2v) is 7.47. The lowest BCUT2D eigenvalue weighted by atomic mass is 9.91. The lowest BCUT2D eigenvalue weighted by Crippen LogP contribution is -2.09. The highest BCUT2D eigenvalue weighted by Crippen LogP contribution is 2.42. The van der Waals surface area contributed by atoms with E-state index in [0.717, 1.165) is 29.4 Å². The fourth-order valence-corrected chi connectivity index (χ4v) is 4.51. The minimum Gasteiger partial charge on any atom is -0.326 e. The van der Waals surface area contributed by atoms with Crippen molar-refractivity contribution in [1.82, 2.24) is 20.2 Å². The lowest BCUT2D eigenvalue weighted by Gasteiger charge is -2.24. The summed E-state index contributed by atoms with van der Waals surface area (Å²) in [5.74, 6) is -0.104. The van der Waals surface area contributed by atoms with Crippen LogP contribution in [-0.2, 0) is 11.2 Å². The summed E-state index contributed by atoms with van der Waals surface area (Å²) >= 11 is 1.69. The number of carbonyl (C=O) groups is 1. The zero-order valence-corrected chi connectivity index (χ0v) is 15.2. The van der Waals surface area contributed by atoms with Crippen molar-refractivity contribution in [2.24, 2.45) is 0 Å². The zero-order chi connectivity index (χ0) is 17.9. The second kappa shape index (κ2) is 7.29. The quantitative estimate of drug-likeness (QED) is 0.761. The second-order valence-electron chi connectivity index (χ2n) is 6.30. The molecule has 1 heterocycles. The highest BCUT2D eigenvalue weighted by Gasteiger charge is 2.23. The van der Waals surface area contributed by atoms with Crippen LogP contribution in [0.3, 0.4) is 0 Å². The predicted molar refractivity (Wildman–Crippen MR) is 101 cm³/mol. The number of carbonyl (C=O) groups excluding carboxylic acids is 1. The highest BCUT2D eigenvalue weighted by atomic mass is 32.2. The zero-order valence-electron chi connectivity index (χ0n) is 14.4. The van der Waals surface area contributed by atoms with Crippen LogP contribution in [0.25, 0.3) is 5.69 Å². The summed E-state index contributed by atoms with van der Waals surface area (Å²) in [4.78, 5) is 11.3. The number of aryl methyl sites for hydroxylation is 1. The Bertz CT molecular complexity index is 939. The van der Waals surface area contributed by atoms with Gasteiger partial charge in [-0.3, -0.25) is 4.79 Å². The van der Waals surface area contributed by atoms with Crippen molar-refractivity contribution in [2.75, 3.05) is 5.32 Å². The maximum absolute atomic E-state index is 11.3. The number of rotatable bonds is 4. The van der Waals surface area contributed by atoms with Gasteiger partial charge in [0, 0.05) is 17.9 Å². The van der Waals surface area contributed by atoms with Crippen molar-refractivity contribution in [3.8, 4) is 5.69 Å². The van der Waals surface area contributed by atoms with Crippen molar-refractivity contribution < 1.29 is 4.79 Å². The van der Waals surface area contributed by atoms with E-state index in [4.69, 9.17) is 0 Å². The van der Waals surface area contributed by atoms with Gasteiger partial charge < -0.3 is 5.32 Å². The third-order valence-corrected chi connectivity index (χ3v) is 5.65. The number of anilines is 1. The Balaban J connectivity index is 1.62. The van der Waals surface area contributed by atoms with Gasteiger partial charge in [0.05, 0.1) is 5.69 Å².